The number of hydrogen-bond acceptors (Lipinski definition) is 4. The van der Waals surface area contributed by atoms with E-state index >= 15 is 0 Å². The van der Waals surface area contributed by atoms with Gasteiger partial charge in [0.25, 0.3) is 0 Å². The Morgan fingerprint density at radius 1 is 1.28 bits per heavy atom. The Morgan fingerprint density at radius 3 is 2.52 bits per heavy atom. The minimum Gasteiger partial charge on any atom is -0.469 e. The maximum atomic E-state index is 11.6. The van der Waals surface area contributed by atoms with E-state index < -0.39 is 0 Å². The highest BCUT2D eigenvalue weighted by atomic mass is 17.2. The minimum absolute atomic E-state index is 0.184. The molecule has 4 nitrogen and oxygen atoms in total. The van der Waals surface area contributed by atoms with Crippen molar-refractivity contribution < 1.29 is 19.3 Å². The van der Waals surface area contributed by atoms with Gasteiger partial charge in [-0.05, 0) is 43.4 Å². The summed E-state index contributed by atoms with van der Waals surface area (Å²) in [7, 11) is 1.42. The van der Waals surface area contributed by atoms with Gasteiger partial charge in [-0.15, -0.1) is 0 Å². The number of carbonyl (C=O) groups is 1. The fourth-order valence-electron chi connectivity index (χ4n) is 4.39. The van der Waals surface area contributed by atoms with E-state index in [9.17, 15) is 4.79 Å². The van der Waals surface area contributed by atoms with Crippen LogP contribution in [0.1, 0.15) is 92.4 Å². The number of rotatable bonds is 11. The highest BCUT2D eigenvalue weighted by Gasteiger charge is 2.43. The molecule has 0 aromatic heterocycles. The van der Waals surface area contributed by atoms with Crippen molar-refractivity contribution in [2.45, 2.75) is 104 Å². The van der Waals surface area contributed by atoms with Crippen LogP contribution < -0.4 is 0 Å². The fraction of sp³-hybridized carbons (Fsp3) is 0.952. The summed E-state index contributed by atoms with van der Waals surface area (Å²) in [6, 6.07) is 0. The van der Waals surface area contributed by atoms with E-state index in [-0.39, 0.29) is 24.1 Å². The Labute approximate surface area is 154 Å². The smallest absolute Gasteiger partial charge is 0.308 e. The molecule has 1 rings (SSSR count). The molecule has 0 aliphatic carbocycles. The van der Waals surface area contributed by atoms with Gasteiger partial charge in [0.2, 0.25) is 0 Å². The van der Waals surface area contributed by atoms with Crippen molar-refractivity contribution in [1.29, 1.82) is 0 Å². The first-order chi connectivity index (χ1) is 11.9. The van der Waals surface area contributed by atoms with Gasteiger partial charge in [-0.25, -0.2) is 9.78 Å². The van der Waals surface area contributed by atoms with Gasteiger partial charge in [-0.3, -0.25) is 4.79 Å². The van der Waals surface area contributed by atoms with Crippen LogP contribution in [0.3, 0.4) is 0 Å². The lowest BCUT2D eigenvalue weighted by Crippen LogP contribution is -2.46. The first-order valence-electron chi connectivity index (χ1n) is 10.3. The standard InChI is InChI=1S/C21H40O4/c1-7-11-17(8-2)12-16(5)14-21(10-4)15-18(9-3)19(24-25-21)13-20(22)23-6/h16-19H,7-15H2,1-6H3/t16?,17?,18-,19-,21+/m0/s1. The van der Waals surface area contributed by atoms with Gasteiger partial charge < -0.3 is 4.74 Å². The highest BCUT2D eigenvalue weighted by Crippen LogP contribution is 2.41. The minimum atomic E-state index is -0.227. The van der Waals surface area contributed by atoms with Crippen molar-refractivity contribution in [2.24, 2.45) is 17.8 Å². The first kappa shape index (κ1) is 22.4. The van der Waals surface area contributed by atoms with E-state index in [1.807, 2.05) is 0 Å². The quantitative estimate of drug-likeness (QED) is 0.352. The molecule has 0 aromatic rings. The molecule has 0 spiro atoms. The third kappa shape index (κ3) is 6.90. The summed E-state index contributed by atoms with van der Waals surface area (Å²) in [5.41, 5.74) is -0.211. The number of ether oxygens (including phenoxy) is 1. The fourth-order valence-corrected chi connectivity index (χ4v) is 4.39. The molecule has 1 saturated heterocycles. The lowest BCUT2D eigenvalue weighted by molar-refractivity contribution is -0.424. The van der Waals surface area contributed by atoms with Gasteiger partial charge >= 0.3 is 5.97 Å². The summed E-state index contributed by atoms with van der Waals surface area (Å²) in [5.74, 6) is 1.55. The van der Waals surface area contributed by atoms with Crippen molar-refractivity contribution in [1.82, 2.24) is 0 Å². The molecule has 1 aliphatic rings. The first-order valence-corrected chi connectivity index (χ1v) is 10.3. The van der Waals surface area contributed by atoms with Crippen molar-refractivity contribution in [3.05, 3.63) is 0 Å². The van der Waals surface area contributed by atoms with Crippen LogP contribution in [0.25, 0.3) is 0 Å². The summed E-state index contributed by atoms with van der Waals surface area (Å²) in [6.07, 6.45) is 9.13. The van der Waals surface area contributed by atoms with Crippen LogP contribution in [0.2, 0.25) is 0 Å². The molecule has 1 aliphatic heterocycles. The summed E-state index contributed by atoms with van der Waals surface area (Å²) in [5, 5.41) is 0. The van der Waals surface area contributed by atoms with Gasteiger partial charge in [-0.1, -0.05) is 60.3 Å². The Bertz CT molecular complexity index is 384. The monoisotopic (exact) mass is 356 g/mol. The second kappa shape index (κ2) is 11.2. The number of carbonyl (C=O) groups excluding carboxylic acids is 1. The second-order valence-electron chi connectivity index (χ2n) is 8.02. The van der Waals surface area contributed by atoms with Gasteiger partial charge in [0.15, 0.2) is 0 Å². The Kier molecular flexibility index (Phi) is 10.0. The van der Waals surface area contributed by atoms with E-state index in [0.717, 1.165) is 31.6 Å². The molecule has 0 saturated carbocycles. The molecular weight excluding hydrogens is 316 g/mol. The van der Waals surface area contributed by atoms with Crippen LogP contribution in [0, 0.1) is 17.8 Å². The largest absolute Gasteiger partial charge is 0.469 e. The number of hydrogen-bond donors (Lipinski definition) is 0. The van der Waals surface area contributed by atoms with Crippen molar-refractivity contribution >= 4 is 5.97 Å². The maximum absolute atomic E-state index is 11.6. The zero-order valence-electron chi connectivity index (χ0n) is 17.3. The van der Waals surface area contributed by atoms with Crippen LogP contribution in [0.5, 0.6) is 0 Å². The second-order valence-corrected chi connectivity index (χ2v) is 8.02. The number of methoxy groups -OCH3 is 1. The van der Waals surface area contributed by atoms with E-state index in [1.54, 1.807) is 0 Å². The molecule has 148 valence electrons. The average molecular weight is 357 g/mol. The summed E-state index contributed by atoms with van der Waals surface area (Å²) in [4.78, 5) is 23.3. The SMILES string of the molecule is CCCC(CC)CC(C)C[C@]1(CC)C[C@H](CC)[C@H](CC(=O)OC)OO1. The van der Waals surface area contributed by atoms with E-state index in [0.29, 0.717) is 11.8 Å². The lowest BCUT2D eigenvalue weighted by Gasteiger charge is -2.44. The molecule has 4 heteroatoms. The predicted molar refractivity (Wildman–Crippen MR) is 101 cm³/mol. The normalized spacial score (nSPS) is 29.2. The van der Waals surface area contributed by atoms with E-state index in [1.165, 1.54) is 32.8 Å². The van der Waals surface area contributed by atoms with Crippen LogP contribution in [-0.4, -0.2) is 24.8 Å². The zero-order valence-corrected chi connectivity index (χ0v) is 17.3. The molecule has 1 fully saturated rings. The Balaban J connectivity index is 2.68. The molecule has 0 amide bonds. The molecule has 0 aromatic carbocycles. The van der Waals surface area contributed by atoms with Crippen molar-refractivity contribution in [3.63, 3.8) is 0 Å². The summed E-state index contributed by atoms with van der Waals surface area (Å²) in [6.45, 7) is 11.3. The Hall–Kier alpha value is -0.610. The molecule has 25 heavy (non-hydrogen) atoms. The average Bonchev–Trinajstić information content (AvgIpc) is 2.62. The van der Waals surface area contributed by atoms with Gasteiger partial charge in [-0.2, -0.15) is 0 Å². The topological polar surface area (TPSA) is 44.8 Å². The lowest BCUT2D eigenvalue weighted by atomic mass is 9.75. The molecule has 0 N–H and O–H groups in total. The van der Waals surface area contributed by atoms with E-state index in [2.05, 4.69) is 34.6 Å². The summed E-state index contributed by atoms with van der Waals surface area (Å²) >= 11 is 0. The third-order valence-electron chi connectivity index (χ3n) is 6.00. The van der Waals surface area contributed by atoms with Gasteiger partial charge in [0.1, 0.15) is 11.7 Å². The third-order valence-corrected chi connectivity index (χ3v) is 6.00. The molecule has 2 unspecified atom stereocenters. The molecule has 5 atom stereocenters. The maximum Gasteiger partial charge on any atom is 0.308 e. The van der Waals surface area contributed by atoms with Crippen LogP contribution in [-0.2, 0) is 19.3 Å². The van der Waals surface area contributed by atoms with E-state index in [4.69, 9.17) is 14.5 Å². The molecule has 0 radical (unpaired) electrons. The zero-order chi connectivity index (χ0) is 18.9. The van der Waals surface area contributed by atoms with Crippen LogP contribution in [0.4, 0.5) is 0 Å². The van der Waals surface area contributed by atoms with Crippen LogP contribution in [0.15, 0.2) is 0 Å². The predicted octanol–water partition coefficient (Wildman–Crippen LogP) is 5.69. The molecular formula is C21H40O4. The van der Waals surface area contributed by atoms with Crippen molar-refractivity contribution in [2.75, 3.05) is 7.11 Å². The van der Waals surface area contributed by atoms with Crippen molar-refractivity contribution in [3.8, 4) is 0 Å². The Morgan fingerprint density at radius 2 is 2.00 bits per heavy atom. The molecule has 1 heterocycles. The molecule has 0 bridgehead atoms. The van der Waals surface area contributed by atoms with Gasteiger partial charge in [0.05, 0.1) is 13.5 Å². The summed E-state index contributed by atoms with van der Waals surface area (Å²) < 4.78 is 4.79. The number of esters is 1. The highest BCUT2D eigenvalue weighted by molar-refractivity contribution is 5.69. The van der Waals surface area contributed by atoms with Crippen LogP contribution >= 0.6 is 0 Å². The van der Waals surface area contributed by atoms with Gasteiger partial charge in [0, 0.05) is 0 Å².